The molecule has 0 radical (unpaired) electrons. The molecule has 0 unspecified atom stereocenters. The van der Waals surface area contributed by atoms with Gasteiger partial charge in [-0.3, -0.25) is 0 Å². The highest BCUT2D eigenvalue weighted by Gasteiger charge is 2.08. The Labute approximate surface area is 122 Å². The molecule has 1 rings (SSSR count). The maximum atomic E-state index is 13.7. The van der Waals surface area contributed by atoms with Crippen LogP contribution in [0.25, 0.3) is 0 Å². The zero-order valence-corrected chi connectivity index (χ0v) is 13.0. The minimum Gasteiger partial charge on any atom is -0.368 e. The minimum absolute atomic E-state index is 0.141. The van der Waals surface area contributed by atoms with E-state index in [1.165, 1.54) is 6.07 Å². The fraction of sp³-hybridized carbons (Fsp3) is 0.625. The van der Waals surface area contributed by atoms with Crippen LogP contribution in [0.2, 0.25) is 0 Å². The molecule has 0 saturated carbocycles. The lowest BCUT2D eigenvalue weighted by molar-refractivity contribution is 0.303. The summed E-state index contributed by atoms with van der Waals surface area (Å²) in [4.78, 5) is 4.46. The van der Waals surface area contributed by atoms with Gasteiger partial charge in [0.05, 0.1) is 5.69 Å². The van der Waals surface area contributed by atoms with Crippen LogP contribution in [0.1, 0.15) is 20.8 Å². The number of anilines is 1. The Balaban J connectivity index is 2.31. The summed E-state index contributed by atoms with van der Waals surface area (Å²) in [5.41, 5.74) is 0.695. The summed E-state index contributed by atoms with van der Waals surface area (Å²) >= 11 is 0. The van der Waals surface area contributed by atoms with Crippen molar-refractivity contribution in [2.45, 2.75) is 20.8 Å². The Morgan fingerprint density at radius 3 is 2.20 bits per heavy atom. The molecule has 20 heavy (non-hydrogen) atoms. The van der Waals surface area contributed by atoms with Crippen LogP contribution < -0.4 is 10.2 Å². The average molecular weight is 281 g/mol. The SMILES string of the molecule is CCN(CC)CCNCCN(CC)c1ccccc1F. The summed E-state index contributed by atoms with van der Waals surface area (Å²) in [5.74, 6) is -0.141. The molecule has 1 N–H and O–H groups in total. The van der Waals surface area contributed by atoms with Gasteiger partial charge in [0.25, 0.3) is 0 Å². The Morgan fingerprint density at radius 2 is 1.60 bits per heavy atom. The van der Waals surface area contributed by atoms with E-state index in [0.29, 0.717) is 5.69 Å². The van der Waals surface area contributed by atoms with Crippen molar-refractivity contribution in [1.82, 2.24) is 10.2 Å². The lowest BCUT2D eigenvalue weighted by atomic mass is 10.2. The summed E-state index contributed by atoms with van der Waals surface area (Å²) in [5, 5.41) is 3.43. The molecule has 0 bridgehead atoms. The fourth-order valence-corrected chi connectivity index (χ4v) is 2.27. The maximum absolute atomic E-state index is 13.7. The van der Waals surface area contributed by atoms with Gasteiger partial charge in [0.15, 0.2) is 0 Å². The molecular weight excluding hydrogens is 253 g/mol. The second-order valence-corrected chi connectivity index (χ2v) is 4.81. The summed E-state index contributed by atoms with van der Waals surface area (Å²) in [6, 6.07) is 6.98. The summed E-state index contributed by atoms with van der Waals surface area (Å²) in [7, 11) is 0. The number of halogens is 1. The molecule has 1 aromatic carbocycles. The highest BCUT2D eigenvalue weighted by molar-refractivity contribution is 5.47. The molecule has 4 heteroatoms. The van der Waals surface area contributed by atoms with Crippen LogP contribution in [0.4, 0.5) is 10.1 Å². The van der Waals surface area contributed by atoms with Gasteiger partial charge < -0.3 is 15.1 Å². The van der Waals surface area contributed by atoms with Gasteiger partial charge in [-0.25, -0.2) is 4.39 Å². The Bertz CT molecular complexity index is 366. The van der Waals surface area contributed by atoms with Crippen molar-refractivity contribution in [1.29, 1.82) is 0 Å². The standard InChI is InChI=1S/C16H28FN3/c1-4-19(5-2)13-11-18-12-14-20(6-3)16-10-8-7-9-15(16)17/h7-10,18H,4-6,11-14H2,1-3H3. The number of rotatable bonds is 10. The van der Waals surface area contributed by atoms with Crippen LogP contribution in [0.3, 0.4) is 0 Å². The van der Waals surface area contributed by atoms with Gasteiger partial charge in [0, 0.05) is 32.7 Å². The fourth-order valence-electron chi connectivity index (χ4n) is 2.27. The lowest BCUT2D eigenvalue weighted by Gasteiger charge is -2.24. The average Bonchev–Trinajstić information content (AvgIpc) is 2.48. The molecule has 3 nitrogen and oxygen atoms in total. The van der Waals surface area contributed by atoms with Gasteiger partial charge in [0.2, 0.25) is 0 Å². The second kappa shape index (κ2) is 9.72. The van der Waals surface area contributed by atoms with Gasteiger partial charge in [0.1, 0.15) is 5.82 Å². The molecule has 0 aliphatic rings. The summed E-state index contributed by atoms with van der Waals surface area (Å²) in [6.07, 6.45) is 0. The van der Waals surface area contributed by atoms with Crippen LogP contribution in [0.15, 0.2) is 24.3 Å². The highest BCUT2D eigenvalue weighted by Crippen LogP contribution is 2.17. The van der Waals surface area contributed by atoms with E-state index in [4.69, 9.17) is 0 Å². The molecule has 0 amide bonds. The van der Waals surface area contributed by atoms with Gasteiger partial charge in [-0.05, 0) is 32.1 Å². The van der Waals surface area contributed by atoms with Crippen LogP contribution in [0, 0.1) is 5.82 Å². The molecule has 0 aromatic heterocycles. The van der Waals surface area contributed by atoms with Crippen molar-refractivity contribution < 1.29 is 4.39 Å². The third kappa shape index (κ3) is 5.47. The molecule has 0 fully saturated rings. The van der Waals surface area contributed by atoms with Crippen LogP contribution in [0.5, 0.6) is 0 Å². The third-order valence-electron chi connectivity index (χ3n) is 3.63. The highest BCUT2D eigenvalue weighted by atomic mass is 19.1. The van der Waals surface area contributed by atoms with E-state index in [2.05, 4.69) is 35.9 Å². The van der Waals surface area contributed by atoms with E-state index >= 15 is 0 Å². The number of hydrogen-bond acceptors (Lipinski definition) is 3. The first-order chi connectivity index (χ1) is 9.72. The lowest BCUT2D eigenvalue weighted by Crippen LogP contribution is -2.36. The van der Waals surface area contributed by atoms with Crippen molar-refractivity contribution in [3.63, 3.8) is 0 Å². The van der Waals surface area contributed by atoms with E-state index in [9.17, 15) is 4.39 Å². The van der Waals surface area contributed by atoms with Crippen LogP contribution in [-0.2, 0) is 0 Å². The molecule has 0 spiro atoms. The number of likely N-dealkylation sites (N-methyl/N-ethyl adjacent to an activating group) is 2. The van der Waals surface area contributed by atoms with E-state index in [1.54, 1.807) is 6.07 Å². The van der Waals surface area contributed by atoms with E-state index in [-0.39, 0.29) is 5.82 Å². The maximum Gasteiger partial charge on any atom is 0.146 e. The molecule has 114 valence electrons. The monoisotopic (exact) mass is 281 g/mol. The zero-order chi connectivity index (χ0) is 14.8. The zero-order valence-electron chi connectivity index (χ0n) is 13.0. The van der Waals surface area contributed by atoms with Crippen LogP contribution >= 0.6 is 0 Å². The predicted octanol–water partition coefficient (Wildman–Crippen LogP) is 2.58. The van der Waals surface area contributed by atoms with E-state index in [0.717, 1.165) is 45.8 Å². The van der Waals surface area contributed by atoms with E-state index in [1.807, 2.05) is 12.1 Å². The Hall–Kier alpha value is -1.13. The normalized spacial score (nSPS) is 11.1. The predicted molar refractivity (Wildman–Crippen MR) is 84.9 cm³/mol. The first-order valence-corrected chi connectivity index (χ1v) is 7.65. The minimum atomic E-state index is -0.141. The molecule has 0 atom stereocenters. The number of hydrogen-bond donors (Lipinski definition) is 1. The molecule has 0 saturated heterocycles. The summed E-state index contributed by atoms with van der Waals surface area (Å²) in [6.45, 7) is 13.2. The van der Waals surface area contributed by atoms with Crippen molar-refractivity contribution in [3.8, 4) is 0 Å². The first kappa shape index (κ1) is 16.9. The topological polar surface area (TPSA) is 18.5 Å². The molecule has 1 aromatic rings. The first-order valence-electron chi connectivity index (χ1n) is 7.65. The largest absolute Gasteiger partial charge is 0.368 e. The van der Waals surface area contributed by atoms with Crippen molar-refractivity contribution in [2.24, 2.45) is 0 Å². The van der Waals surface area contributed by atoms with Gasteiger partial charge in [-0.1, -0.05) is 26.0 Å². The Kier molecular flexibility index (Phi) is 8.23. The molecule has 0 aliphatic carbocycles. The second-order valence-electron chi connectivity index (χ2n) is 4.81. The van der Waals surface area contributed by atoms with Crippen molar-refractivity contribution in [3.05, 3.63) is 30.1 Å². The quantitative estimate of drug-likeness (QED) is 0.665. The molecule has 0 heterocycles. The number of benzene rings is 1. The van der Waals surface area contributed by atoms with Gasteiger partial charge >= 0.3 is 0 Å². The molecular formula is C16H28FN3. The number of para-hydroxylation sites is 1. The van der Waals surface area contributed by atoms with Gasteiger partial charge in [-0.15, -0.1) is 0 Å². The van der Waals surface area contributed by atoms with Crippen molar-refractivity contribution >= 4 is 5.69 Å². The molecule has 0 aliphatic heterocycles. The van der Waals surface area contributed by atoms with Gasteiger partial charge in [-0.2, -0.15) is 0 Å². The number of nitrogens with zero attached hydrogens (tertiary/aromatic N) is 2. The summed E-state index contributed by atoms with van der Waals surface area (Å²) < 4.78 is 13.7. The van der Waals surface area contributed by atoms with Crippen LogP contribution in [-0.4, -0.2) is 50.7 Å². The third-order valence-corrected chi connectivity index (χ3v) is 3.63. The van der Waals surface area contributed by atoms with Crippen molar-refractivity contribution in [2.75, 3.05) is 50.7 Å². The number of nitrogens with one attached hydrogen (secondary N) is 1. The van der Waals surface area contributed by atoms with E-state index < -0.39 is 0 Å². The smallest absolute Gasteiger partial charge is 0.146 e. The Morgan fingerprint density at radius 1 is 0.950 bits per heavy atom.